The van der Waals surface area contributed by atoms with Gasteiger partial charge in [0.25, 0.3) is 0 Å². The molecule has 0 saturated carbocycles. The molecule has 4 nitrogen and oxygen atoms in total. The van der Waals surface area contributed by atoms with Crippen LogP contribution < -0.4 is 11.1 Å². The molecule has 2 rings (SSSR count). The highest BCUT2D eigenvalue weighted by Crippen LogP contribution is 2.28. The number of anilines is 2. The minimum atomic E-state index is 0.145. The zero-order valence-corrected chi connectivity index (χ0v) is 10.2. The molecule has 0 amide bonds. The predicted octanol–water partition coefficient (Wildman–Crippen LogP) is 2.95. The van der Waals surface area contributed by atoms with E-state index < -0.39 is 0 Å². The van der Waals surface area contributed by atoms with Crippen LogP contribution in [0.25, 0.3) is 0 Å². The van der Waals surface area contributed by atoms with E-state index in [1.807, 2.05) is 19.1 Å². The predicted molar refractivity (Wildman–Crippen MR) is 67.8 cm³/mol. The maximum Gasteiger partial charge on any atom is 0.221 e. The average Bonchev–Trinajstić information content (AvgIpc) is 2.65. The first-order chi connectivity index (χ1) is 7.65. The maximum absolute atomic E-state index is 5.88. The second kappa shape index (κ2) is 4.67. The number of nitrogens with two attached hydrogens (primary N) is 1. The Bertz CT molecular complexity index is 485. The van der Waals surface area contributed by atoms with Crippen molar-refractivity contribution in [1.82, 2.24) is 9.97 Å². The fourth-order valence-electron chi connectivity index (χ4n) is 1.31. The molecular formula is C10H11ClN4S. The molecule has 0 fully saturated rings. The topological polar surface area (TPSA) is 63.8 Å². The van der Waals surface area contributed by atoms with Crippen LogP contribution in [0.5, 0.6) is 0 Å². The molecule has 0 bridgehead atoms. The highest BCUT2D eigenvalue weighted by atomic mass is 35.5. The van der Waals surface area contributed by atoms with Crippen molar-refractivity contribution >= 4 is 34.7 Å². The first-order valence-electron chi connectivity index (χ1n) is 4.75. The second-order valence-electron chi connectivity index (χ2n) is 3.31. The molecule has 0 radical (unpaired) electrons. The van der Waals surface area contributed by atoms with Gasteiger partial charge in [-0.1, -0.05) is 11.6 Å². The van der Waals surface area contributed by atoms with Gasteiger partial charge in [0.15, 0.2) is 0 Å². The number of hydrogen-bond donors (Lipinski definition) is 2. The molecule has 0 aliphatic carbocycles. The molecule has 84 valence electrons. The Hall–Kier alpha value is -1.33. The Labute approximate surface area is 102 Å². The summed E-state index contributed by atoms with van der Waals surface area (Å²) in [7, 11) is 0. The number of hydrogen-bond acceptors (Lipinski definition) is 5. The summed E-state index contributed by atoms with van der Waals surface area (Å²) in [6, 6.07) is 5.80. The summed E-state index contributed by atoms with van der Waals surface area (Å²) < 4.78 is 0.783. The smallest absolute Gasteiger partial charge is 0.221 e. The van der Waals surface area contributed by atoms with Crippen molar-refractivity contribution < 1.29 is 0 Å². The normalized spacial score (nSPS) is 12.4. The minimum Gasteiger partial charge on any atom is -0.368 e. The number of nitrogens with one attached hydrogen (secondary N) is 1. The largest absolute Gasteiger partial charge is 0.368 e. The fourth-order valence-corrected chi connectivity index (χ4v) is 2.37. The average molecular weight is 255 g/mol. The van der Waals surface area contributed by atoms with E-state index in [0.29, 0.717) is 5.82 Å². The summed E-state index contributed by atoms with van der Waals surface area (Å²) in [5.41, 5.74) is 5.50. The van der Waals surface area contributed by atoms with Crippen LogP contribution in [-0.4, -0.2) is 9.97 Å². The molecule has 2 aromatic heterocycles. The summed E-state index contributed by atoms with van der Waals surface area (Å²) in [5, 5.41) is 3.23. The molecule has 16 heavy (non-hydrogen) atoms. The Balaban J connectivity index is 2.10. The molecular weight excluding hydrogens is 244 g/mol. The number of thiophene rings is 1. The van der Waals surface area contributed by atoms with Crippen molar-refractivity contribution in [3.05, 3.63) is 33.6 Å². The third kappa shape index (κ3) is 2.62. The van der Waals surface area contributed by atoms with E-state index in [9.17, 15) is 0 Å². The van der Waals surface area contributed by atoms with Crippen LogP contribution in [0.2, 0.25) is 4.34 Å². The van der Waals surface area contributed by atoms with Crippen molar-refractivity contribution in [3.63, 3.8) is 0 Å². The van der Waals surface area contributed by atoms with Crippen molar-refractivity contribution in [1.29, 1.82) is 0 Å². The van der Waals surface area contributed by atoms with E-state index in [0.717, 1.165) is 9.21 Å². The van der Waals surface area contributed by atoms with Crippen LogP contribution in [0, 0.1) is 0 Å². The zero-order chi connectivity index (χ0) is 11.5. The molecule has 0 spiro atoms. The number of halogens is 1. The summed E-state index contributed by atoms with van der Waals surface area (Å²) in [6.07, 6.45) is 1.62. The van der Waals surface area contributed by atoms with Crippen LogP contribution in [0.4, 0.5) is 11.8 Å². The number of aromatic nitrogens is 2. The monoisotopic (exact) mass is 254 g/mol. The molecule has 0 aromatic carbocycles. The molecule has 0 aliphatic rings. The van der Waals surface area contributed by atoms with Crippen LogP contribution >= 0.6 is 22.9 Å². The van der Waals surface area contributed by atoms with Crippen LogP contribution in [0.15, 0.2) is 24.4 Å². The van der Waals surface area contributed by atoms with E-state index in [1.54, 1.807) is 23.6 Å². The number of rotatable bonds is 3. The lowest BCUT2D eigenvalue weighted by atomic mass is 10.3. The lowest BCUT2D eigenvalue weighted by Gasteiger charge is -2.12. The van der Waals surface area contributed by atoms with E-state index in [-0.39, 0.29) is 12.0 Å². The quantitative estimate of drug-likeness (QED) is 0.884. The second-order valence-corrected chi connectivity index (χ2v) is 5.05. The van der Waals surface area contributed by atoms with Gasteiger partial charge >= 0.3 is 0 Å². The third-order valence-electron chi connectivity index (χ3n) is 2.06. The third-order valence-corrected chi connectivity index (χ3v) is 3.47. The highest BCUT2D eigenvalue weighted by Gasteiger charge is 2.08. The van der Waals surface area contributed by atoms with Crippen molar-refractivity contribution in [2.75, 3.05) is 11.1 Å². The summed E-state index contributed by atoms with van der Waals surface area (Å²) in [5.74, 6) is 0.978. The Kier molecular flexibility index (Phi) is 3.26. The number of nitrogen functional groups attached to an aromatic ring is 1. The summed E-state index contributed by atoms with van der Waals surface area (Å²) in [6.45, 7) is 2.04. The van der Waals surface area contributed by atoms with E-state index in [4.69, 9.17) is 17.3 Å². The maximum atomic E-state index is 5.88. The van der Waals surface area contributed by atoms with Gasteiger partial charge in [-0.15, -0.1) is 11.3 Å². The molecule has 2 heterocycles. The number of nitrogens with zero attached hydrogens (tertiary/aromatic N) is 2. The lowest BCUT2D eigenvalue weighted by Crippen LogP contribution is -2.07. The standard InChI is InChI=1S/C10H11ClN4S/c1-6(7-2-3-8(11)16-7)14-9-4-5-13-10(12)15-9/h2-6H,1H3,(H3,12,13,14,15). The van der Waals surface area contributed by atoms with Crippen molar-refractivity contribution in [2.24, 2.45) is 0 Å². The lowest BCUT2D eigenvalue weighted by molar-refractivity contribution is 0.894. The molecule has 3 N–H and O–H groups in total. The first-order valence-corrected chi connectivity index (χ1v) is 5.95. The van der Waals surface area contributed by atoms with Gasteiger partial charge in [0, 0.05) is 11.1 Å². The van der Waals surface area contributed by atoms with Crippen molar-refractivity contribution in [3.8, 4) is 0 Å². The first kappa shape index (κ1) is 11.2. The van der Waals surface area contributed by atoms with Crippen LogP contribution in [-0.2, 0) is 0 Å². The molecule has 6 heteroatoms. The molecule has 1 unspecified atom stereocenters. The van der Waals surface area contributed by atoms with Crippen molar-refractivity contribution in [2.45, 2.75) is 13.0 Å². The molecule has 0 saturated heterocycles. The van der Waals surface area contributed by atoms with Crippen LogP contribution in [0.1, 0.15) is 17.8 Å². The summed E-state index contributed by atoms with van der Waals surface area (Å²) >= 11 is 7.43. The minimum absolute atomic E-state index is 0.145. The Morgan fingerprint density at radius 3 is 2.88 bits per heavy atom. The van der Waals surface area contributed by atoms with Gasteiger partial charge in [-0.2, -0.15) is 4.98 Å². The van der Waals surface area contributed by atoms with Crippen LogP contribution in [0.3, 0.4) is 0 Å². The highest BCUT2D eigenvalue weighted by molar-refractivity contribution is 7.16. The van der Waals surface area contributed by atoms with E-state index in [1.165, 1.54) is 0 Å². The Morgan fingerprint density at radius 1 is 1.44 bits per heavy atom. The van der Waals surface area contributed by atoms with Gasteiger partial charge in [-0.25, -0.2) is 4.98 Å². The van der Waals surface area contributed by atoms with E-state index >= 15 is 0 Å². The fraction of sp³-hybridized carbons (Fsp3) is 0.200. The summed E-state index contributed by atoms with van der Waals surface area (Å²) in [4.78, 5) is 9.06. The van der Waals surface area contributed by atoms with Gasteiger partial charge in [-0.05, 0) is 25.1 Å². The van der Waals surface area contributed by atoms with Gasteiger partial charge in [-0.3, -0.25) is 0 Å². The molecule has 0 aliphatic heterocycles. The zero-order valence-electron chi connectivity index (χ0n) is 8.64. The van der Waals surface area contributed by atoms with Gasteiger partial charge < -0.3 is 11.1 Å². The SMILES string of the molecule is CC(Nc1ccnc(N)n1)c1ccc(Cl)s1. The van der Waals surface area contributed by atoms with E-state index in [2.05, 4.69) is 15.3 Å². The van der Waals surface area contributed by atoms with Gasteiger partial charge in [0.2, 0.25) is 5.95 Å². The van der Waals surface area contributed by atoms with Gasteiger partial charge in [0.05, 0.1) is 10.4 Å². The van der Waals surface area contributed by atoms with Gasteiger partial charge in [0.1, 0.15) is 5.82 Å². The molecule has 1 atom stereocenters. The Morgan fingerprint density at radius 2 is 2.25 bits per heavy atom. The molecule has 2 aromatic rings.